The molecule has 0 saturated carbocycles. The molecule has 0 bridgehead atoms. The first-order valence-electron chi connectivity index (χ1n) is 11.8. The average molecular weight is 498 g/mol. The number of carbonyl (C=O) groups excluding carboxylic acids is 2. The molecular weight excluding hydrogens is 470 g/mol. The second kappa shape index (κ2) is 9.21. The van der Waals surface area contributed by atoms with Gasteiger partial charge in [0.15, 0.2) is 0 Å². The number of hydrogen-bond acceptors (Lipinski definition) is 8. The van der Waals surface area contributed by atoms with Crippen molar-refractivity contribution >= 4 is 39.5 Å². The lowest BCUT2D eigenvalue weighted by Crippen LogP contribution is -2.48. The fourth-order valence-electron chi connectivity index (χ4n) is 4.75. The molecule has 9 nitrogen and oxygen atoms in total. The number of H-pyrrole nitrogens is 1. The van der Waals surface area contributed by atoms with Crippen LogP contribution in [0.5, 0.6) is 0 Å². The van der Waals surface area contributed by atoms with Crippen LogP contribution in [-0.4, -0.2) is 63.9 Å². The number of anilines is 1. The largest absolute Gasteiger partial charge is 0.340 e. The second-order valence-corrected chi connectivity index (χ2v) is 11.2. The molecule has 3 fully saturated rings. The van der Waals surface area contributed by atoms with E-state index in [9.17, 15) is 9.59 Å². The molecule has 0 radical (unpaired) electrons. The van der Waals surface area contributed by atoms with Gasteiger partial charge in [-0.1, -0.05) is 0 Å². The monoisotopic (exact) mass is 497 g/mol. The number of aromatic amines is 1. The topological polar surface area (TPSA) is 115 Å². The minimum atomic E-state index is -0.131. The van der Waals surface area contributed by atoms with Gasteiger partial charge in [0.2, 0.25) is 5.91 Å². The number of likely N-dealkylation sites (tertiary alicyclic amines) is 1. The number of amides is 2. The maximum absolute atomic E-state index is 12.9. The highest BCUT2D eigenvalue weighted by atomic mass is 32.1. The highest BCUT2D eigenvalue weighted by molar-refractivity contribution is 7.18. The van der Waals surface area contributed by atoms with Gasteiger partial charge in [0, 0.05) is 25.2 Å². The van der Waals surface area contributed by atoms with Crippen molar-refractivity contribution in [1.29, 1.82) is 0 Å². The first kappa shape index (κ1) is 21.9. The molecule has 6 rings (SSSR count). The van der Waals surface area contributed by atoms with Gasteiger partial charge in [-0.05, 0) is 50.9 Å². The number of aromatic nitrogens is 3. The van der Waals surface area contributed by atoms with Gasteiger partial charge in [-0.15, -0.1) is 22.7 Å². The van der Waals surface area contributed by atoms with E-state index in [0.717, 1.165) is 58.8 Å². The van der Waals surface area contributed by atoms with Crippen LogP contribution in [0, 0.1) is 0 Å². The summed E-state index contributed by atoms with van der Waals surface area (Å²) < 4.78 is 0. The Morgan fingerprint density at radius 3 is 2.68 bits per heavy atom. The summed E-state index contributed by atoms with van der Waals surface area (Å²) >= 11 is 3.00. The van der Waals surface area contributed by atoms with Crippen LogP contribution in [0.4, 0.5) is 5.00 Å². The quantitative estimate of drug-likeness (QED) is 0.416. The van der Waals surface area contributed by atoms with E-state index in [-0.39, 0.29) is 23.8 Å². The predicted molar refractivity (Wildman–Crippen MR) is 132 cm³/mol. The maximum atomic E-state index is 12.9. The third-order valence-electron chi connectivity index (χ3n) is 6.73. The molecule has 0 spiro atoms. The van der Waals surface area contributed by atoms with Crippen molar-refractivity contribution in [3.8, 4) is 10.6 Å². The third kappa shape index (κ3) is 4.28. The summed E-state index contributed by atoms with van der Waals surface area (Å²) in [6.45, 7) is 3.25. The van der Waals surface area contributed by atoms with E-state index in [4.69, 9.17) is 0 Å². The van der Waals surface area contributed by atoms with Crippen LogP contribution in [0.15, 0.2) is 24.5 Å². The van der Waals surface area contributed by atoms with Crippen molar-refractivity contribution in [2.45, 2.75) is 43.7 Å². The Labute approximate surface area is 205 Å². The van der Waals surface area contributed by atoms with Crippen molar-refractivity contribution < 1.29 is 9.59 Å². The Bertz CT molecular complexity index is 1180. The third-order valence-corrected chi connectivity index (χ3v) is 8.91. The summed E-state index contributed by atoms with van der Waals surface area (Å²) in [6.07, 6.45) is 7.96. The molecule has 2 atom stereocenters. The van der Waals surface area contributed by atoms with Gasteiger partial charge >= 0.3 is 0 Å². The molecule has 4 N–H and O–H groups in total. The molecule has 3 aliphatic heterocycles. The van der Waals surface area contributed by atoms with Gasteiger partial charge < -0.3 is 25.8 Å². The lowest BCUT2D eigenvalue weighted by Gasteiger charge is -2.37. The molecule has 6 heterocycles. The van der Waals surface area contributed by atoms with Gasteiger partial charge in [-0.2, -0.15) is 0 Å². The van der Waals surface area contributed by atoms with Crippen LogP contribution in [0.3, 0.4) is 0 Å². The molecule has 1 unspecified atom stereocenters. The lowest BCUT2D eigenvalue weighted by atomic mass is 10.0. The summed E-state index contributed by atoms with van der Waals surface area (Å²) in [7, 11) is 0. The van der Waals surface area contributed by atoms with E-state index >= 15 is 0 Å². The Morgan fingerprint density at radius 1 is 1.03 bits per heavy atom. The van der Waals surface area contributed by atoms with E-state index in [2.05, 4.69) is 30.9 Å². The number of nitrogens with one attached hydrogen (secondary N) is 4. The second-order valence-electron chi connectivity index (χ2n) is 9.10. The summed E-state index contributed by atoms with van der Waals surface area (Å²) in [5, 5.41) is 11.4. The fourth-order valence-corrected chi connectivity index (χ4v) is 6.59. The molecule has 178 valence electrons. The van der Waals surface area contributed by atoms with Gasteiger partial charge in [0.1, 0.15) is 5.82 Å². The molecule has 3 saturated heterocycles. The standard InChI is InChI=1S/C23H27N7O2S2/c31-21(15-4-2-8-25-15)29-19-6-5-17(33-19)23(32)30-11-13(12-30)22-27-10-18(34-22)16-9-26-20(28-16)14-3-1-7-24-14/h5-6,9-10,13-15,24-25H,1-4,7-8,11-12H2,(H,26,28)(H,29,31)/t14?,15-/m0/s1. The zero-order valence-electron chi connectivity index (χ0n) is 18.7. The minimum Gasteiger partial charge on any atom is -0.340 e. The number of carbonyl (C=O) groups is 2. The van der Waals surface area contributed by atoms with Crippen molar-refractivity contribution in [2.24, 2.45) is 0 Å². The zero-order chi connectivity index (χ0) is 23.1. The van der Waals surface area contributed by atoms with Crippen LogP contribution in [0.1, 0.15) is 58.1 Å². The fraction of sp³-hybridized carbons (Fsp3) is 0.478. The molecule has 3 aliphatic rings. The van der Waals surface area contributed by atoms with Crippen molar-refractivity contribution in [3.63, 3.8) is 0 Å². The predicted octanol–water partition coefficient (Wildman–Crippen LogP) is 2.95. The highest BCUT2D eigenvalue weighted by Crippen LogP contribution is 2.36. The number of hydrogen-bond donors (Lipinski definition) is 4. The average Bonchev–Trinajstić information content (AvgIpc) is 3.62. The molecule has 11 heteroatoms. The van der Waals surface area contributed by atoms with Crippen molar-refractivity contribution in [2.75, 3.05) is 31.5 Å². The SMILES string of the molecule is O=C(Nc1ccc(C(=O)N2CC(c3ncc(-c4cnc(C5CCCN5)[nH]4)s3)C2)s1)[C@@H]1CCCN1. The summed E-state index contributed by atoms with van der Waals surface area (Å²) in [5.41, 5.74) is 1.00. The van der Waals surface area contributed by atoms with Crippen LogP contribution in [0.2, 0.25) is 0 Å². The van der Waals surface area contributed by atoms with E-state index in [1.807, 2.05) is 23.4 Å². The van der Waals surface area contributed by atoms with Crippen LogP contribution >= 0.6 is 22.7 Å². The number of rotatable bonds is 6. The van der Waals surface area contributed by atoms with E-state index in [1.54, 1.807) is 17.4 Å². The Hall–Kier alpha value is -2.60. The van der Waals surface area contributed by atoms with Gasteiger partial charge in [-0.3, -0.25) is 9.59 Å². The number of thiazole rings is 1. The smallest absolute Gasteiger partial charge is 0.264 e. The summed E-state index contributed by atoms with van der Waals surface area (Å²) in [4.78, 5) is 41.4. The summed E-state index contributed by atoms with van der Waals surface area (Å²) in [5.74, 6) is 1.24. The molecule has 34 heavy (non-hydrogen) atoms. The molecule has 0 aromatic carbocycles. The van der Waals surface area contributed by atoms with Crippen LogP contribution < -0.4 is 16.0 Å². The molecule has 0 aliphatic carbocycles. The van der Waals surface area contributed by atoms with E-state index < -0.39 is 0 Å². The molecular formula is C23H27N7O2S2. The number of thiophene rings is 1. The van der Waals surface area contributed by atoms with Gasteiger partial charge in [-0.25, -0.2) is 9.97 Å². The zero-order valence-corrected chi connectivity index (χ0v) is 20.3. The normalized spacial score (nSPS) is 22.8. The summed E-state index contributed by atoms with van der Waals surface area (Å²) in [6, 6.07) is 3.80. The first-order chi connectivity index (χ1) is 16.6. The number of imidazole rings is 1. The first-order valence-corrected chi connectivity index (χ1v) is 13.4. The van der Waals surface area contributed by atoms with E-state index in [0.29, 0.717) is 24.0 Å². The Balaban J connectivity index is 1.04. The van der Waals surface area contributed by atoms with Crippen molar-refractivity contribution in [3.05, 3.63) is 40.2 Å². The van der Waals surface area contributed by atoms with Crippen LogP contribution in [-0.2, 0) is 4.79 Å². The molecule has 3 aromatic heterocycles. The molecule has 2 amide bonds. The Kier molecular flexibility index (Phi) is 5.94. The van der Waals surface area contributed by atoms with E-state index in [1.165, 1.54) is 17.8 Å². The number of nitrogens with zero attached hydrogens (tertiary/aromatic N) is 3. The highest BCUT2D eigenvalue weighted by Gasteiger charge is 2.35. The lowest BCUT2D eigenvalue weighted by molar-refractivity contribution is -0.117. The van der Waals surface area contributed by atoms with Gasteiger partial charge in [0.05, 0.1) is 43.7 Å². The Morgan fingerprint density at radius 2 is 1.88 bits per heavy atom. The van der Waals surface area contributed by atoms with Crippen LogP contribution in [0.25, 0.3) is 10.6 Å². The van der Waals surface area contributed by atoms with Gasteiger partial charge in [0.25, 0.3) is 5.91 Å². The van der Waals surface area contributed by atoms with Crippen molar-refractivity contribution in [1.82, 2.24) is 30.5 Å². The maximum Gasteiger partial charge on any atom is 0.264 e. The molecule has 3 aromatic rings. The minimum absolute atomic E-state index is 0.0137.